The van der Waals surface area contributed by atoms with Crippen LogP contribution >= 0.6 is 0 Å². The molecule has 25 heavy (non-hydrogen) atoms. The number of carbonyl (C=O) groups excluding carboxylic acids is 1. The Hall–Kier alpha value is -3.48. The zero-order valence-corrected chi connectivity index (χ0v) is 13.9. The predicted molar refractivity (Wildman–Crippen MR) is 93.6 cm³/mol. The van der Waals surface area contributed by atoms with Crippen LogP contribution in [0.15, 0.2) is 49.4 Å². The van der Waals surface area contributed by atoms with Crippen molar-refractivity contribution >= 4 is 11.6 Å². The van der Waals surface area contributed by atoms with Gasteiger partial charge in [0.25, 0.3) is 5.91 Å². The zero-order chi connectivity index (χ0) is 17.6. The number of pyridine rings is 2. The molecule has 0 radical (unpaired) electrons. The Labute approximate surface area is 144 Å². The number of fused-ring (bicyclic) bond motifs is 1. The van der Waals surface area contributed by atoms with Crippen molar-refractivity contribution < 1.29 is 4.79 Å². The van der Waals surface area contributed by atoms with Gasteiger partial charge in [-0.1, -0.05) is 6.58 Å². The second-order valence-corrected chi connectivity index (χ2v) is 5.82. The predicted octanol–water partition coefficient (Wildman–Crippen LogP) is 2.20. The highest BCUT2D eigenvalue weighted by Gasteiger charge is 2.25. The smallest absolute Gasteiger partial charge is 0.272 e. The number of aromatic nitrogens is 4. The molecule has 1 aliphatic rings. The van der Waals surface area contributed by atoms with E-state index in [-0.39, 0.29) is 5.91 Å². The first-order valence-electron chi connectivity index (χ1n) is 7.76. The maximum Gasteiger partial charge on any atom is 0.272 e. The van der Waals surface area contributed by atoms with E-state index in [0.717, 1.165) is 22.6 Å². The molecular weight excluding hydrogens is 316 g/mol. The van der Waals surface area contributed by atoms with E-state index in [1.54, 1.807) is 35.2 Å². The largest absolute Gasteiger partial charge is 0.287 e. The van der Waals surface area contributed by atoms with Crippen LogP contribution in [0.1, 0.15) is 21.7 Å². The van der Waals surface area contributed by atoms with Crippen LogP contribution in [0.3, 0.4) is 0 Å². The standard InChI is InChI=1S/C18H16N6O/c1-11-15(10-24(21-11)13-5-4-8-19-9-13)16-7-6-14-17(20-16)12(2)23(3)22-18(14)25/h4-10H,2H2,1,3H3,(H,22,25). The molecule has 4 heterocycles. The number of aryl methyl sites for hydroxylation is 1. The molecule has 0 fully saturated rings. The second-order valence-electron chi connectivity index (χ2n) is 5.82. The van der Waals surface area contributed by atoms with Gasteiger partial charge >= 0.3 is 0 Å². The van der Waals surface area contributed by atoms with Crippen LogP contribution in [0.25, 0.3) is 22.6 Å². The fraction of sp³-hybridized carbons (Fsp3) is 0.111. The molecule has 0 bridgehead atoms. The number of hydrogen-bond donors (Lipinski definition) is 1. The third-order valence-electron chi connectivity index (χ3n) is 4.17. The third-order valence-corrected chi connectivity index (χ3v) is 4.17. The quantitative estimate of drug-likeness (QED) is 0.778. The van der Waals surface area contributed by atoms with E-state index >= 15 is 0 Å². The van der Waals surface area contributed by atoms with Crippen LogP contribution in [0.4, 0.5) is 0 Å². The molecule has 0 atom stereocenters. The van der Waals surface area contributed by atoms with Crippen LogP contribution in [0.2, 0.25) is 0 Å². The van der Waals surface area contributed by atoms with Gasteiger partial charge in [0.15, 0.2) is 0 Å². The number of hydrazine groups is 1. The molecule has 1 amide bonds. The van der Waals surface area contributed by atoms with Crippen molar-refractivity contribution in [3.05, 3.63) is 66.4 Å². The van der Waals surface area contributed by atoms with Crippen LogP contribution in [-0.4, -0.2) is 37.7 Å². The minimum absolute atomic E-state index is 0.188. The molecule has 1 N–H and O–H groups in total. The van der Waals surface area contributed by atoms with Gasteiger partial charge in [-0.15, -0.1) is 0 Å². The van der Waals surface area contributed by atoms with Crippen molar-refractivity contribution in [3.63, 3.8) is 0 Å². The minimum Gasteiger partial charge on any atom is -0.287 e. The average Bonchev–Trinajstić information content (AvgIpc) is 3.02. The molecule has 4 rings (SSSR count). The molecule has 3 aromatic heterocycles. The number of carbonyl (C=O) groups is 1. The highest BCUT2D eigenvalue weighted by Crippen LogP contribution is 2.28. The molecule has 1 aliphatic heterocycles. The van der Waals surface area contributed by atoms with Gasteiger partial charge in [-0.2, -0.15) is 5.10 Å². The van der Waals surface area contributed by atoms with Crippen molar-refractivity contribution in [1.29, 1.82) is 0 Å². The van der Waals surface area contributed by atoms with Crippen molar-refractivity contribution in [2.75, 3.05) is 7.05 Å². The molecular formula is C18H16N6O. The summed E-state index contributed by atoms with van der Waals surface area (Å²) < 4.78 is 1.77. The van der Waals surface area contributed by atoms with Crippen molar-refractivity contribution in [2.45, 2.75) is 6.92 Å². The number of amides is 1. The maximum atomic E-state index is 12.1. The number of nitrogens with one attached hydrogen (secondary N) is 1. The Morgan fingerprint density at radius 1 is 1.20 bits per heavy atom. The van der Waals surface area contributed by atoms with Gasteiger partial charge in [-0.3, -0.25) is 20.2 Å². The van der Waals surface area contributed by atoms with E-state index in [9.17, 15) is 4.79 Å². The summed E-state index contributed by atoms with van der Waals surface area (Å²) in [6.07, 6.45) is 5.38. The summed E-state index contributed by atoms with van der Waals surface area (Å²) in [5.74, 6) is -0.188. The Morgan fingerprint density at radius 2 is 2.04 bits per heavy atom. The molecule has 7 nitrogen and oxygen atoms in total. The molecule has 124 valence electrons. The summed E-state index contributed by atoms with van der Waals surface area (Å²) >= 11 is 0. The van der Waals surface area contributed by atoms with E-state index in [2.05, 4.69) is 27.1 Å². The van der Waals surface area contributed by atoms with E-state index in [0.29, 0.717) is 17.0 Å². The normalized spacial score (nSPS) is 13.6. The molecule has 0 spiro atoms. The van der Waals surface area contributed by atoms with Gasteiger partial charge in [0.2, 0.25) is 0 Å². The Kier molecular flexibility index (Phi) is 3.35. The lowest BCUT2D eigenvalue weighted by Gasteiger charge is -2.28. The second kappa shape index (κ2) is 5.55. The van der Waals surface area contributed by atoms with Gasteiger partial charge < -0.3 is 0 Å². The van der Waals surface area contributed by atoms with Crippen LogP contribution in [-0.2, 0) is 0 Å². The van der Waals surface area contributed by atoms with Gasteiger partial charge in [0, 0.05) is 25.0 Å². The molecule has 3 aromatic rings. The number of hydrogen-bond acceptors (Lipinski definition) is 5. The minimum atomic E-state index is -0.188. The van der Waals surface area contributed by atoms with Crippen LogP contribution < -0.4 is 5.43 Å². The lowest BCUT2D eigenvalue weighted by atomic mass is 10.1. The molecule has 0 unspecified atom stereocenters. The highest BCUT2D eigenvalue weighted by atomic mass is 16.2. The summed E-state index contributed by atoms with van der Waals surface area (Å²) in [4.78, 5) is 20.9. The van der Waals surface area contributed by atoms with Gasteiger partial charge in [0.05, 0.1) is 34.5 Å². The fourth-order valence-corrected chi connectivity index (χ4v) is 2.78. The summed E-state index contributed by atoms with van der Waals surface area (Å²) in [5, 5.41) is 6.12. The Balaban J connectivity index is 1.80. The first kappa shape index (κ1) is 15.1. The lowest BCUT2D eigenvalue weighted by molar-refractivity contribution is 0.0868. The summed E-state index contributed by atoms with van der Waals surface area (Å²) in [6, 6.07) is 7.40. The maximum absolute atomic E-state index is 12.1. The number of nitrogens with zero attached hydrogens (tertiary/aromatic N) is 5. The summed E-state index contributed by atoms with van der Waals surface area (Å²) in [7, 11) is 1.74. The molecule has 7 heteroatoms. The molecule has 0 saturated heterocycles. The first-order chi connectivity index (χ1) is 12.0. The molecule has 0 aliphatic carbocycles. The van der Waals surface area contributed by atoms with Crippen molar-refractivity contribution in [3.8, 4) is 16.9 Å². The van der Waals surface area contributed by atoms with Gasteiger partial charge in [-0.05, 0) is 31.2 Å². The van der Waals surface area contributed by atoms with E-state index in [4.69, 9.17) is 0 Å². The Bertz CT molecular complexity index is 992. The first-order valence-corrected chi connectivity index (χ1v) is 7.76. The highest BCUT2D eigenvalue weighted by molar-refractivity contribution is 6.00. The van der Waals surface area contributed by atoms with E-state index in [1.165, 1.54) is 0 Å². The average molecular weight is 332 g/mol. The van der Waals surface area contributed by atoms with E-state index < -0.39 is 0 Å². The summed E-state index contributed by atoms with van der Waals surface area (Å²) in [6.45, 7) is 5.93. The van der Waals surface area contributed by atoms with Gasteiger partial charge in [0.1, 0.15) is 5.69 Å². The SMILES string of the molecule is C=C1c2nc(-c3cn(-c4cccnc4)nc3C)ccc2C(=O)NN1C. The van der Waals surface area contributed by atoms with Crippen LogP contribution in [0.5, 0.6) is 0 Å². The van der Waals surface area contributed by atoms with Crippen molar-refractivity contribution in [1.82, 2.24) is 30.2 Å². The number of rotatable bonds is 2. The zero-order valence-electron chi connectivity index (χ0n) is 13.9. The third kappa shape index (κ3) is 2.46. The van der Waals surface area contributed by atoms with Crippen molar-refractivity contribution in [2.24, 2.45) is 0 Å². The summed E-state index contributed by atoms with van der Waals surface area (Å²) in [5.41, 5.74) is 7.82. The molecule has 0 aromatic carbocycles. The molecule has 0 saturated carbocycles. The van der Waals surface area contributed by atoms with Gasteiger partial charge in [-0.25, -0.2) is 9.67 Å². The fourth-order valence-electron chi connectivity index (χ4n) is 2.78. The monoisotopic (exact) mass is 332 g/mol. The Morgan fingerprint density at radius 3 is 2.80 bits per heavy atom. The topological polar surface area (TPSA) is 75.9 Å². The van der Waals surface area contributed by atoms with E-state index in [1.807, 2.05) is 31.3 Å². The van der Waals surface area contributed by atoms with Crippen LogP contribution in [0, 0.1) is 6.92 Å². The lowest BCUT2D eigenvalue weighted by Crippen LogP contribution is -2.42.